The lowest BCUT2D eigenvalue weighted by molar-refractivity contribution is -0.118. The van der Waals surface area contributed by atoms with E-state index in [0.717, 1.165) is 54.4 Å². The minimum atomic E-state index is 0. The molecule has 3 aromatic rings. The van der Waals surface area contributed by atoms with Crippen LogP contribution in [0.5, 0.6) is 17.2 Å². The van der Waals surface area contributed by atoms with Gasteiger partial charge in [-0.2, -0.15) is 0 Å². The van der Waals surface area contributed by atoms with Crippen molar-refractivity contribution in [3.05, 3.63) is 60.4 Å². The van der Waals surface area contributed by atoms with E-state index in [1.54, 1.807) is 19.5 Å². The van der Waals surface area contributed by atoms with E-state index in [1.165, 1.54) is 17.3 Å². The Morgan fingerprint density at radius 3 is 2.67 bits per heavy atom. The number of halogens is 1. The van der Waals surface area contributed by atoms with E-state index >= 15 is 0 Å². The zero-order valence-corrected chi connectivity index (χ0v) is 21.6. The van der Waals surface area contributed by atoms with E-state index in [1.807, 2.05) is 30.3 Å². The van der Waals surface area contributed by atoms with E-state index in [-0.39, 0.29) is 18.3 Å². The summed E-state index contributed by atoms with van der Waals surface area (Å²) in [4.78, 5) is 23.6. The molecule has 1 amide bonds. The summed E-state index contributed by atoms with van der Waals surface area (Å²) in [5, 5.41) is 3.66. The number of carbonyl (C=O) groups is 1. The molecule has 0 radical (unpaired) electrons. The van der Waals surface area contributed by atoms with Crippen molar-refractivity contribution in [2.75, 3.05) is 39.3 Å². The Bertz CT molecular complexity index is 1160. The highest BCUT2D eigenvalue weighted by Crippen LogP contribution is 2.33. The number of amides is 1. The Hall–Kier alpha value is -3.01. The molecule has 10 heteroatoms. The first kappa shape index (κ1) is 26.1. The Morgan fingerprint density at radius 2 is 1.89 bits per heavy atom. The second-order valence-electron chi connectivity index (χ2n) is 8.65. The van der Waals surface area contributed by atoms with E-state index < -0.39 is 0 Å². The first-order valence-electron chi connectivity index (χ1n) is 11.6. The maximum absolute atomic E-state index is 12.4. The Balaban J connectivity index is 0.00000304. The molecule has 3 heterocycles. The van der Waals surface area contributed by atoms with Crippen molar-refractivity contribution in [1.82, 2.24) is 20.2 Å². The molecule has 2 aliphatic heterocycles. The summed E-state index contributed by atoms with van der Waals surface area (Å²) in [5.41, 5.74) is 3.16. The van der Waals surface area contributed by atoms with Crippen molar-refractivity contribution in [1.29, 1.82) is 0 Å². The number of likely N-dealkylation sites (tertiary alicyclic amines) is 1. The summed E-state index contributed by atoms with van der Waals surface area (Å²) in [6.45, 7) is 3.86. The van der Waals surface area contributed by atoms with Gasteiger partial charge in [-0.1, -0.05) is 30.0 Å². The van der Waals surface area contributed by atoms with E-state index in [2.05, 4.69) is 32.3 Å². The fourth-order valence-corrected chi connectivity index (χ4v) is 4.90. The number of benzene rings is 2. The van der Waals surface area contributed by atoms with Gasteiger partial charge in [0.2, 0.25) is 12.7 Å². The van der Waals surface area contributed by atoms with Gasteiger partial charge in [-0.15, -0.1) is 12.4 Å². The van der Waals surface area contributed by atoms with Gasteiger partial charge < -0.3 is 19.5 Å². The van der Waals surface area contributed by atoms with Crippen LogP contribution in [-0.2, 0) is 11.3 Å². The largest absolute Gasteiger partial charge is 0.497 e. The van der Waals surface area contributed by atoms with E-state index in [0.29, 0.717) is 30.2 Å². The average molecular weight is 529 g/mol. The number of methoxy groups -OCH3 is 1. The van der Waals surface area contributed by atoms with Crippen molar-refractivity contribution < 1.29 is 19.0 Å². The van der Waals surface area contributed by atoms with Crippen LogP contribution in [-0.4, -0.2) is 60.1 Å². The summed E-state index contributed by atoms with van der Waals surface area (Å²) in [6.07, 6.45) is 4.64. The Labute approximate surface area is 221 Å². The number of aromatic nitrogens is 2. The van der Waals surface area contributed by atoms with Gasteiger partial charge in [-0.25, -0.2) is 9.97 Å². The number of nitrogens with one attached hydrogen (secondary N) is 1. The number of hydrogen-bond donors (Lipinski definition) is 1. The normalized spacial score (nSPS) is 16.4. The minimum Gasteiger partial charge on any atom is -0.497 e. The second-order valence-corrected chi connectivity index (χ2v) is 9.60. The Kier molecular flexibility index (Phi) is 8.90. The van der Waals surface area contributed by atoms with Crippen LogP contribution in [0.3, 0.4) is 0 Å². The molecule has 1 saturated heterocycles. The van der Waals surface area contributed by atoms with Gasteiger partial charge in [0.1, 0.15) is 5.75 Å². The van der Waals surface area contributed by atoms with Crippen molar-refractivity contribution in [3.8, 4) is 28.4 Å². The third-order valence-electron chi connectivity index (χ3n) is 6.18. The molecule has 5 rings (SSSR count). The van der Waals surface area contributed by atoms with Gasteiger partial charge in [-0.3, -0.25) is 9.69 Å². The molecule has 36 heavy (non-hydrogen) atoms. The molecule has 1 N–H and O–H groups in total. The minimum absolute atomic E-state index is 0. The lowest BCUT2D eigenvalue weighted by Crippen LogP contribution is -2.32. The van der Waals surface area contributed by atoms with Gasteiger partial charge in [-0.05, 0) is 54.3 Å². The van der Waals surface area contributed by atoms with Gasteiger partial charge in [0.25, 0.3) is 0 Å². The highest BCUT2D eigenvalue weighted by atomic mass is 35.5. The summed E-state index contributed by atoms with van der Waals surface area (Å²) >= 11 is 1.35. The molecule has 2 aromatic carbocycles. The highest BCUT2D eigenvalue weighted by Gasteiger charge is 2.23. The van der Waals surface area contributed by atoms with Crippen molar-refractivity contribution in [2.24, 2.45) is 5.92 Å². The van der Waals surface area contributed by atoms with Crippen LogP contribution in [0.1, 0.15) is 12.0 Å². The molecule has 0 aliphatic carbocycles. The van der Waals surface area contributed by atoms with Crippen LogP contribution < -0.4 is 19.5 Å². The molecule has 1 aromatic heterocycles. The van der Waals surface area contributed by atoms with Gasteiger partial charge in [0.05, 0.1) is 12.9 Å². The first-order valence-corrected chi connectivity index (χ1v) is 12.6. The molecule has 8 nitrogen and oxygen atoms in total. The van der Waals surface area contributed by atoms with Gasteiger partial charge >= 0.3 is 0 Å². The summed E-state index contributed by atoms with van der Waals surface area (Å²) in [6, 6.07) is 13.9. The number of carbonyl (C=O) groups excluding carboxylic acids is 1. The number of fused-ring (bicyclic) bond motifs is 1. The molecular formula is C26H29ClN4O4S. The number of rotatable bonds is 9. The lowest BCUT2D eigenvalue weighted by Gasteiger charge is -2.16. The molecule has 1 unspecified atom stereocenters. The number of ether oxygens (including phenoxy) is 3. The highest BCUT2D eigenvalue weighted by molar-refractivity contribution is 7.99. The molecule has 1 atom stereocenters. The van der Waals surface area contributed by atoms with Crippen LogP contribution >= 0.6 is 24.2 Å². The van der Waals surface area contributed by atoms with Crippen molar-refractivity contribution in [3.63, 3.8) is 0 Å². The zero-order chi connectivity index (χ0) is 24.0. The molecule has 0 spiro atoms. The summed E-state index contributed by atoms with van der Waals surface area (Å²) in [5.74, 6) is 3.21. The molecule has 0 saturated carbocycles. The van der Waals surface area contributed by atoms with Crippen LogP contribution in [0.2, 0.25) is 0 Å². The topological polar surface area (TPSA) is 85.8 Å². The number of hydrogen-bond acceptors (Lipinski definition) is 8. The van der Waals surface area contributed by atoms with Crippen LogP contribution in [0.15, 0.2) is 60.0 Å². The van der Waals surface area contributed by atoms with E-state index in [4.69, 9.17) is 14.2 Å². The fourth-order valence-electron chi connectivity index (χ4n) is 4.28. The molecule has 0 bridgehead atoms. The molecule has 2 aliphatic rings. The predicted octanol–water partition coefficient (Wildman–Crippen LogP) is 4.03. The SMILES string of the molecule is COc1ccc(-c2cnc(SCC(=O)NCC3CCN(Cc4ccc5c(c4)OCO5)C3)nc2)cc1.Cl. The smallest absolute Gasteiger partial charge is 0.231 e. The third kappa shape index (κ3) is 6.60. The zero-order valence-electron chi connectivity index (χ0n) is 20.0. The third-order valence-corrected chi connectivity index (χ3v) is 7.06. The van der Waals surface area contributed by atoms with Crippen LogP contribution in [0.4, 0.5) is 0 Å². The quantitative estimate of drug-likeness (QED) is 0.329. The molecule has 1 fully saturated rings. The standard InChI is InChI=1S/C26H28N4O4S.ClH/c1-32-22-5-3-20(4-6-22)21-12-28-26(29-13-21)35-16-25(31)27-11-19-8-9-30(15-19)14-18-2-7-23-24(10-18)34-17-33-23;/h2-7,10,12-13,19H,8-9,11,14-17H2,1H3,(H,27,31);1H. The maximum Gasteiger partial charge on any atom is 0.231 e. The first-order chi connectivity index (χ1) is 17.2. The number of nitrogens with zero attached hydrogens (tertiary/aromatic N) is 3. The van der Waals surface area contributed by atoms with Gasteiger partial charge in [0, 0.05) is 37.6 Å². The second kappa shape index (κ2) is 12.3. The molecular weight excluding hydrogens is 500 g/mol. The average Bonchev–Trinajstić information content (AvgIpc) is 3.56. The van der Waals surface area contributed by atoms with E-state index in [9.17, 15) is 4.79 Å². The maximum atomic E-state index is 12.4. The molecule has 190 valence electrons. The van der Waals surface area contributed by atoms with Crippen molar-refractivity contribution >= 4 is 30.1 Å². The van der Waals surface area contributed by atoms with Gasteiger partial charge in [0.15, 0.2) is 16.7 Å². The van der Waals surface area contributed by atoms with Crippen LogP contribution in [0, 0.1) is 5.92 Å². The monoisotopic (exact) mass is 528 g/mol. The summed E-state index contributed by atoms with van der Waals surface area (Å²) < 4.78 is 16.0. The van der Waals surface area contributed by atoms with Crippen LogP contribution in [0.25, 0.3) is 11.1 Å². The number of thioether (sulfide) groups is 1. The summed E-state index contributed by atoms with van der Waals surface area (Å²) in [7, 11) is 1.64. The fraction of sp³-hybridized carbons (Fsp3) is 0.346. The lowest BCUT2D eigenvalue weighted by atomic mass is 10.1. The van der Waals surface area contributed by atoms with Crippen molar-refractivity contribution in [2.45, 2.75) is 18.1 Å². The Morgan fingerprint density at radius 1 is 1.11 bits per heavy atom. The predicted molar refractivity (Wildman–Crippen MR) is 141 cm³/mol.